The van der Waals surface area contributed by atoms with E-state index in [4.69, 9.17) is 28.5 Å². The van der Waals surface area contributed by atoms with E-state index in [0.717, 1.165) is 0 Å². The minimum absolute atomic E-state index is 0.0158. The van der Waals surface area contributed by atoms with E-state index in [9.17, 15) is 8.42 Å². The molecule has 0 amide bonds. The maximum atomic E-state index is 11.8. The molecule has 0 saturated carbocycles. The zero-order valence-corrected chi connectivity index (χ0v) is 10.9. The van der Waals surface area contributed by atoms with Crippen molar-refractivity contribution in [3.8, 4) is 6.07 Å². The zero-order chi connectivity index (χ0) is 13.1. The van der Waals surface area contributed by atoms with Gasteiger partial charge in [-0.2, -0.15) is 5.26 Å². The highest BCUT2D eigenvalue weighted by molar-refractivity contribution is 7.89. The van der Waals surface area contributed by atoms with Gasteiger partial charge in [0.15, 0.2) is 0 Å². The summed E-state index contributed by atoms with van der Waals surface area (Å²) in [7, 11) is -3.82. The van der Waals surface area contributed by atoms with Crippen molar-refractivity contribution in [3.63, 3.8) is 0 Å². The van der Waals surface area contributed by atoms with Crippen LogP contribution in [0.4, 0.5) is 0 Å². The second kappa shape index (κ2) is 5.52. The van der Waals surface area contributed by atoms with Crippen molar-refractivity contribution in [2.45, 2.75) is 4.90 Å². The monoisotopic (exact) mass is 290 g/mol. The minimum Gasteiger partial charge on any atom is -0.207 e. The maximum absolute atomic E-state index is 11.8. The first-order chi connectivity index (χ1) is 7.86. The summed E-state index contributed by atoms with van der Waals surface area (Å²) in [4.78, 5) is -0.176. The van der Waals surface area contributed by atoms with Crippen LogP contribution in [0.5, 0.6) is 0 Å². The Bertz CT molecular complexity index is 591. The first-order valence-corrected chi connectivity index (χ1v) is 6.63. The summed E-state index contributed by atoms with van der Waals surface area (Å²) in [6.07, 6.45) is 0. The molecular formula is C10H8Cl2N2O2S. The van der Waals surface area contributed by atoms with Crippen LogP contribution in [0, 0.1) is 11.3 Å². The molecule has 0 heterocycles. The van der Waals surface area contributed by atoms with E-state index in [0.29, 0.717) is 0 Å². The van der Waals surface area contributed by atoms with Gasteiger partial charge in [-0.05, 0) is 18.2 Å². The largest absolute Gasteiger partial charge is 0.242 e. The van der Waals surface area contributed by atoms with Crippen molar-refractivity contribution < 1.29 is 8.42 Å². The van der Waals surface area contributed by atoms with Gasteiger partial charge in [-0.15, -0.1) is 0 Å². The Morgan fingerprint density at radius 3 is 2.71 bits per heavy atom. The van der Waals surface area contributed by atoms with E-state index in [1.807, 2.05) is 0 Å². The molecule has 1 N–H and O–H groups in total. The Morgan fingerprint density at radius 1 is 1.53 bits per heavy atom. The van der Waals surface area contributed by atoms with Gasteiger partial charge >= 0.3 is 0 Å². The van der Waals surface area contributed by atoms with E-state index in [1.54, 1.807) is 6.07 Å². The van der Waals surface area contributed by atoms with Crippen LogP contribution in [0.1, 0.15) is 5.56 Å². The van der Waals surface area contributed by atoms with Gasteiger partial charge in [-0.25, -0.2) is 13.1 Å². The number of halogens is 2. The fraction of sp³-hybridized carbons (Fsp3) is 0.100. The van der Waals surface area contributed by atoms with Gasteiger partial charge in [0.05, 0.1) is 5.56 Å². The molecule has 7 heteroatoms. The molecule has 0 aliphatic heterocycles. The third-order valence-electron chi connectivity index (χ3n) is 1.81. The predicted molar refractivity (Wildman–Crippen MR) is 66.3 cm³/mol. The molecule has 0 bridgehead atoms. The summed E-state index contributed by atoms with van der Waals surface area (Å²) < 4.78 is 25.9. The van der Waals surface area contributed by atoms with Crippen LogP contribution in [0.15, 0.2) is 34.7 Å². The number of benzene rings is 1. The molecule has 17 heavy (non-hydrogen) atoms. The summed E-state index contributed by atoms with van der Waals surface area (Å²) in [5.74, 6) is 0. The Labute approximate surface area is 110 Å². The van der Waals surface area contributed by atoms with Crippen LogP contribution in [0.2, 0.25) is 5.02 Å². The van der Waals surface area contributed by atoms with Gasteiger partial charge in [0.2, 0.25) is 10.0 Å². The van der Waals surface area contributed by atoms with Crippen LogP contribution in [-0.4, -0.2) is 15.0 Å². The predicted octanol–water partition coefficient (Wildman–Crippen LogP) is 2.24. The Balaban J connectivity index is 3.19. The van der Waals surface area contributed by atoms with Crippen molar-refractivity contribution >= 4 is 33.2 Å². The number of nitrogens with one attached hydrogen (secondary N) is 1. The highest BCUT2D eigenvalue weighted by atomic mass is 35.5. The summed E-state index contributed by atoms with van der Waals surface area (Å²) in [5, 5.41) is 9.20. The first-order valence-electron chi connectivity index (χ1n) is 4.39. The van der Waals surface area contributed by atoms with Gasteiger partial charge in [0.25, 0.3) is 0 Å². The van der Waals surface area contributed by atoms with Crippen LogP contribution in [-0.2, 0) is 10.0 Å². The number of rotatable bonds is 4. The quantitative estimate of drug-likeness (QED) is 0.924. The molecule has 0 spiro atoms. The lowest BCUT2D eigenvalue weighted by atomic mass is 10.2. The Morgan fingerprint density at radius 2 is 2.18 bits per heavy atom. The van der Waals surface area contributed by atoms with Gasteiger partial charge in [-0.1, -0.05) is 29.8 Å². The molecule has 0 radical (unpaired) electrons. The molecule has 0 unspecified atom stereocenters. The van der Waals surface area contributed by atoms with Crippen LogP contribution in [0.25, 0.3) is 0 Å². The van der Waals surface area contributed by atoms with E-state index in [1.165, 1.54) is 18.2 Å². The summed E-state index contributed by atoms with van der Waals surface area (Å²) in [6.45, 7) is 3.25. The van der Waals surface area contributed by atoms with Crippen molar-refractivity contribution in [2.75, 3.05) is 6.54 Å². The smallest absolute Gasteiger partial charge is 0.207 e. The molecular weight excluding hydrogens is 283 g/mol. The third kappa shape index (κ3) is 3.72. The van der Waals surface area contributed by atoms with Crippen molar-refractivity contribution in [2.24, 2.45) is 0 Å². The van der Waals surface area contributed by atoms with E-state index in [2.05, 4.69) is 11.3 Å². The number of sulfonamides is 1. The second-order valence-electron chi connectivity index (χ2n) is 3.09. The lowest BCUT2D eigenvalue weighted by Gasteiger charge is -2.07. The second-order valence-corrected chi connectivity index (χ2v) is 5.80. The van der Waals surface area contributed by atoms with Crippen LogP contribution in [0.3, 0.4) is 0 Å². The highest BCUT2D eigenvalue weighted by Crippen LogP contribution is 2.20. The summed E-state index contributed by atoms with van der Waals surface area (Å²) in [5.41, 5.74) is 0.0158. The third-order valence-corrected chi connectivity index (χ3v) is 3.62. The fourth-order valence-corrected chi connectivity index (χ4v) is 2.65. The number of hydrogen-bond acceptors (Lipinski definition) is 3. The topological polar surface area (TPSA) is 70.0 Å². The fourth-order valence-electron chi connectivity index (χ4n) is 1.06. The molecule has 0 aromatic heterocycles. The Kier molecular flexibility index (Phi) is 4.54. The van der Waals surface area contributed by atoms with E-state index < -0.39 is 10.0 Å². The molecule has 1 aromatic carbocycles. The molecule has 0 saturated heterocycles. The SMILES string of the molecule is C=C(Cl)CNS(=O)(=O)c1cc(Cl)ccc1C#N. The molecule has 0 fully saturated rings. The van der Waals surface area contributed by atoms with Crippen molar-refractivity contribution in [1.29, 1.82) is 5.26 Å². The lowest BCUT2D eigenvalue weighted by Crippen LogP contribution is -2.25. The van der Waals surface area contributed by atoms with Gasteiger partial charge in [-0.3, -0.25) is 0 Å². The summed E-state index contributed by atoms with van der Waals surface area (Å²) >= 11 is 11.2. The average molecular weight is 291 g/mol. The molecule has 0 aliphatic rings. The van der Waals surface area contributed by atoms with E-state index in [-0.39, 0.29) is 27.1 Å². The standard InChI is InChI=1S/C10H8Cl2N2O2S/c1-7(11)6-14-17(15,16)10-4-9(12)3-2-8(10)5-13/h2-4,14H,1,6H2. The molecule has 1 aromatic rings. The maximum Gasteiger partial charge on any atom is 0.242 e. The average Bonchev–Trinajstić information content (AvgIpc) is 2.26. The highest BCUT2D eigenvalue weighted by Gasteiger charge is 2.18. The first kappa shape index (κ1) is 14.0. The van der Waals surface area contributed by atoms with Crippen LogP contribution >= 0.6 is 23.2 Å². The molecule has 4 nitrogen and oxygen atoms in total. The molecule has 0 aliphatic carbocycles. The normalized spacial score (nSPS) is 10.9. The molecule has 1 rings (SSSR count). The number of nitriles is 1. The number of hydrogen-bond donors (Lipinski definition) is 1. The van der Waals surface area contributed by atoms with Gasteiger partial charge < -0.3 is 0 Å². The van der Waals surface area contributed by atoms with Gasteiger partial charge in [0.1, 0.15) is 11.0 Å². The molecule has 0 atom stereocenters. The van der Waals surface area contributed by atoms with Crippen molar-refractivity contribution in [3.05, 3.63) is 40.4 Å². The number of nitrogens with zero attached hydrogens (tertiary/aromatic N) is 1. The minimum atomic E-state index is -3.82. The van der Waals surface area contributed by atoms with Crippen molar-refractivity contribution in [1.82, 2.24) is 4.72 Å². The van der Waals surface area contributed by atoms with Gasteiger partial charge in [0, 0.05) is 16.6 Å². The molecule has 90 valence electrons. The van der Waals surface area contributed by atoms with Crippen LogP contribution < -0.4 is 4.72 Å². The summed E-state index contributed by atoms with van der Waals surface area (Å²) in [6, 6.07) is 5.77. The Hall–Kier alpha value is -1.06. The zero-order valence-electron chi connectivity index (χ0n) is 8.57. The lowest BCUT2D eigenvalue weighted by molar-refractivity contribution is 0.585. The van der Waals surface area contributed by atoms with E-state index >= 15 is 0 Å².